The van der Waals surface area contributed by atoms with E-state index >= 15 is 0 Å². The molecular weight excluding hydrogens is 378 g/mol. The fraction of sp³-hybridized carbons (Fsp3) is 0.0500. The zero-order valence-corrected chi connectivity index (χ0v) is 15.9. The molecule has 8 heteroatoms. The molecule has 0 aromatic heterocycles. The van der Waals surface area contributed by atoms with Crippen molar-refractivity contribution >= 4 is 33.1 Å². The number of amides is 2. The van der Waals surface area contributed by atoms with Crippen molar-refractivity contribution in [3.05, 3.63) is 78.9 Å². The fourth-order valence-electron chi connectivity index (χ4n) is 2.43. The highest BCUT2D eigenvalue weighted by molar-refractivity contribution is 7.92. The third-order valence-corrected chi connectivity index (χ3v) is 5.17. The van der Waals surface area contributed by atoms with Crippen molar-refractivity contribution in [1.82, 2.24) is 0 Å². The van der Waals surface area contributed by atoms with Crippen molar-refractivity contribution in [3.63, 3.8) is 0 Å². The molecule has 0 spiro atoms. The zero-order valence-electron chi connectivity index (χ0n) is 15.0. The summed E-state index contributed by atoms with van der Waals surface area (Å²) in [6.07, 6.45) is 0. The minimum Gasteiger partial charge on any atom is -0.497 e. The number of para-hydroxylation sites is 1. The molecule has 0 unspecified atom stereocenters. The first-order chi connectivity index (χ1) is 13.5. The third kappa shape index (κ3) is 5.01. The lowest BCUT2D eigenvalue weighted by molar-refractivity contribution is 0.262. The third-order valence-electron chi connectivity index (χ3n) is 3.78. The molecule has 2 amide bonds. The number of sulfonamides is 1. The summed E-state index contributed by atoms with van der Waals surface area (Å²) in [5.74, 6) is 0.623. The van der Waals surface area contributed by atoms with Crippen LogP contribution in [0.15, 0.2) is 83.8 Å². The van der Waals surface area contributed by atoms with Crippen LogP contribution in [0.5, 0.6) is 5.75 Å². The number of carbonyl (C=O) groups excluding carboxylic acids is 1. The Hall–Kier alpha value is -3.52. The summed E-state index contributed by atoms with van der Waals surface area (Å²) < 4.78 is 32.4. The fourth-order valence-corrected chi connectivity index (χ4v) is 3.49. The van der Waals surface area contributed by atoms with E-state index in [2.05, 4.69) is 15.4 Å². The van der Waals surface area contributed by atoms with Crippen molar-refractivity contribution in [2.45, 2.75) is 4.90 Å². The normalized spacial score (nSPS) is 10.8. The predicted molar refractivity (Wildman–Crippen MR) is 109 cm³/mol. The Morgan fingerprint density at radius 3 is 2.11 bits per heavy atom. The number of hydrogen-bond acceptors (Lipinski definition) is 4. The van der Waals surface area contributed by atoms with Gasteiger partial charge in [0.1, 0.15) is 5.75 Å². The molecule has 0 heterocycles. The van der Waals surface area contributed by atoms with Crippen molar-refractivity contribution < 1.29 is 17.9 Å². The second-order valence-corrected chi connectivity index (χ2v) is 7.49. The largest absolute Gasteiger partial charge is 0.497 e. The van der Waals surface area contributed by atoms with E-state index in [1.807, 2.05) is 0 Å². The van der Waals surface area contributed by atoms with Gasteiger partial charge in [-0.3, -0.25) is 4.72 Å². The Bertz CT molecular complexity index is 1050. The molecule has 0 aliphatic rings. The molecule has 0 bridgehead atoms. The van der Waals surface area contributed by atoms with Crippen LogP contribution in [0.1, 0.15) is 0 Å². The number of ether oxygens (including phenoxy) is 1. The maximum atomic E-state index is 12.4. The van der Waals surface area contributed by atoms with Crippen LogP contribution in [0, 0.1) is 0 Å². The Morgan fingerprint density at radius 2 is 1.43 bits per heavy atom. The lowest BCUT2D eigenvalue weighted by Crippen LogP contribution is -2.19. The molecule has 144 valence electrons. The topological polar surface area (TPSA) is 96.5 Å². The summed E-state index contributed by atoms with van der Waals surface area (Å²) in [7, 11) is -2.16. The summed E-state index contributed by atoms with van der Waals surface area (Å²) in [5.41, 5.74) is 1.50. The molecule has 3 aromatic carbocycles. The number of urea groups is 1. The van der Waals surface area contributed by atoms with Gasteiger partial charge in [-0.05, 0) is 48.5 Å². The van der Waals surface area contributed by atoms with Gasteiger partial charge >= 0.3 is 6.03 Å². The highest BCUT2D eigenvalue weighted by Crippen LogP contribution is 2.19. The molecule has 0 aliphatic heterocycles. The average molecular weight is 397 g/mol. The van der Waals surface area contributed by atoms with Gasteiger partial charge in [0.25, 0.3) is 10.0 Å². The number of rotatable bonds is 6. The van der Waals surface area contributed by atoms with Crippen LogP contribution in [0.2, 0.25) is 0 Å². The summed E-state index contributed by atoms with van der Waals surface area (Å²) in [4.78, 5) is 12.2. The van der Waals surface area contributed by atoms with Crippen LogP contribution >= 0.6 is 0 Å². The van der Waals surface area contributed by atoms with Crippen LogP contribution < -0.4 is 20.1 Å². The van der Waals surface area contributed by atoms with Crippen LogP contribution in [0.25, 0.3) is 0 Å². The summed E-state index contributed by atoms with van der Waals surface area (Å²) in [5, 5.41) is 5.33. The molecule has 0 saturated carbocycles. The summed E-state index contributed by atoms with van der Waals surface area (Å²) in [6.45, 7) is 0. The van der Waals surface area contributed by atoms with Gasteiger partial charge in [0.15, 0.2) is 0 Å². The van der Waals surface area contributed by atoms with Gasteiger partial charge in [-0.1, -0.05) is 24.3 Å². The number of nitrogens with one attached hydrogen (secondary N) is 3. The van der Waals surface area contributed by atoms with Gasteiger partial charge in [0, 0.05) is 23.1 Å². The number of hydrogen-bond donors (Lipinski definition) is 3. The van der Waals surface area contributed by atoms with Crippen molar-refractivity contribution in [1.29, 1.82) is 0 Å². The van der Waals surface area contributed by atoms with Crippen molar-refractivity contribution in [2.75, 3.05) is 22.5 Å². The van der Waals surface area contributed by atoms with Gasteiger partial charge in [0.05, 0.1) is 12.0 Å². The molecule has 0 aliphatic carbocycles. The first kappa shape index (κ1) is 19.2. The van der Waals surface area contributed by atoms with E-state index in [1.54, 1.807) is 61.7 Å². The summed E-state index contributed by atoms with van der Waals surface area (Å²) >= 11 is 0. The van der Waals surface area contributed by atoms with Crippen LogP contribution in [-0.2, 0) is 10.0 Å². The van der Waals surface area contributed by atoms with Gasteiger partial charge < -0.3 is 15.4 Å². The molecule has 3 N–H and O–H groups in total. The maximum Gasteiger partial charge on any atom is 0.323 e. The Morgan fingerprint density at radius 1 is 0.786 bits per heavy atom. The maximum absolute atomic E-state index is 12.4. The van der Waals surface area contributed by atoms with Crippen molar-refractivity contribution in [2.24, 2.45) is 0 Å². The van der Waals surface area contributed by atoms with E-state index < -0.39 is 16.1 Å². The predicted octanol–water partition coefficient (Wildman–Crippen LogP) is 4.14. The van der Waals surface area contributed by atoms with E-state index in [1.165, 1.54) is 24.3 Å². The molecule has 0 radical (unpaired) electrons. The first-order valence-corrected chi connectivity index (χ1v) is 9.84. The second-order valence-electron chi connectivity index (χ2n) is 5.81. The van der Waals surface area contributed by atoms with Gasteiger partial charge in [-0.15, -0.1) is 0 Å². The second kappa shape index (κ2) is 8.45. The summed E-state index contributed by atoms with van der Waals surface area (Å²) in [6, 6.07) is 21.0. The minimum absolute atomic E-state index is 0.0927. The van der Waals surface area contributed by atoms with Gasteiger partial charge in [-0.25, -0.2) is 13.2 Å². The molecular formula is C20H19N3O4S. The van der Waals surface area contributed by atoms with E-state index in [9.17, 15) is 13.2 Å². The van der Waals surface area contributed by atoms with E-state index in [0.29, 0.717) is 22.8 Å². The molecule has 0 fully saturated rings. The Labute approximate surface area is 163 Å². The van der Waals surface area contributed by atoms with Crippen LogP contribution in [-0.4, -0.2) is 21.6 Å². The quantitative estimate of drug-likeness (QED) is 0.582. The number of anilines is 3. The molecule has 3 aromatic rings. The average Bonchev–Trinajstić information content (AvgIpc) is 2.69. The standard InChI is InChI=1S/C20H19N3O4S/c1-27-18-9-5-8-17(14-18)22-20(24)21-15-10-12-19(13-11-15)28(25,26)23-16-6-3-2-4-7-16/h2-14,23H,1H3,(H2,21,22,24). The lowest BCUT2D eigenvalue weighted by Gasteiger charge is -2.10. The SMILES string of the molecule is COc1cccc(NC(=O)Nc2ccc(S(=O)(=O)Nc3ccccc3)cc2)c1. The number of benzene rings is 3. The van der Waals surface area contributed by atoms with Crippen molar-refractivity contribution in [3.8, 4) is 5.75 Å². The zero-order chi connectivity index (χ0) is 20.0. The molecule has 7 nitrogen and oxygen atoms in total. The minimum atomic E-state index is -3.71. The van der Waals surface area contributed by atoms with Gasteiger partial charge in [0.2, 0.25) is 0 Å². The Balaban J connectivity index is 1.64. The van der Waals surface area contributed by atoms with E-state index in [4.69, 9.17) is 4.74 Å². The lowest BCUT2D eigenvalue weighted by atomic mass is 10.3. The van der Waals surface area contributed by atoms with E-state index in [-0.39, 0.29) is 4.90 Å². The highest BCUT2D eigenvalue weighted by atomic mass is 32.2. The molecule has 28 heavy (non-hydrogen) atoms. The highest BCUT2D eigenvalue weighted by Gasteiger charge is 2.14. The molecule has 0 atom stereocenters. The number of carbonyl (C=O) groups is 1. The van der Waals surface area contributed by atoms with E-state index in [0.717, 1.165) is 0 Å². The smallest absolute Gasteiger partial charge is 0.323 e. The Kier molecular flexibility index (Phi) is 5.81. The van der Waals surface area contributed by atoms with Crippen LogP contribution in [0.3, 0.4) is 0 Å². The monoisotopic (exact) mass is 397 g/mol. The molecule has 3 rings (SSSR count). The van der Waals surface area contributed by atoms with Gasteiger partial charge in [-0.2, -0.15) is 0 Å². The molecule has 0 saturated heterocycles. The van der Waals surface area contributed by atoms with Crippen LogP contribution in [0.4, 0.5) is 21.9 Å². The number of methoxy groups -OCH3 is 1. The first-order valence-electron chi connectivity index (χ1n) is 8.36.